The van der Waals surface area contributed by atoms with Crippen molar-refractivity contribution in [2.45, 2.75) is 38.5 Å². The standard InChI is InChI=1S/C17H22ClNO6/c1-2-3-4-16(22)24-11-25-17(23)19-10-13(9-15(20)21)12-5-7-14(18)8-6-12/h5-8,13H,2-4,9-11H2,1H3,(H,19,23)(H,20,21)/t13-/m0/s1. The number of alkyl carbamates (subject to hydrolysis) is 1. The molecular formula is C17H22ClNO6. The highest BCUT2D eigenvalue weighted by atomic mass is 35.5. The zero-order valence-electron chi connectivity index (χ0n) is 14.0. The average Bonchev–Trinajstić information content (AvgIpc) is 2.57. The highest BCUT2D eigenvalue weighted by Gasteiger charge is 2.17. The van der Waals surface area contributed by atoms with E-state index < -0.39 is 30.7 Å². The molecule has 1 aromatic rings. The van der Waals surface area contributed by atoms with Gasteiger partial charge in [0.25, 0.3) is 0 Å². The fourth-order valence-corrected chi connectivity index (χ4v) is 2.18. The Morgan fingerprint density at radius 3 is 2.48 bits per heavy atom. The predicted octanol–water partition coefficient (Wildman–Crippen LogP) is 3.32. The number of rotatable bonds is 10. The summed E-state index contributed by atoms with van der Waals surface area (Å²) in [6.07, 6.45) is 0.912. The number of aliphatic carboxylic acids is 1. The van der Waals surface area contributed by atoms with Crippen LogP contribution in [0.3, 0.4) is 0 Å². The van der Waals surface area contributed by atoms with Gasteiger partial charge in [-0.3, -0.25) is 9.59 Å². The topological polar surface area (TPSA) is 102 Å². The second-order valence-electron chi connectivity index (χ2n) is 5.40. The van der Waals surface area contributed by atoms with Crippen LogP contribution in [0.4, 0.5) is 4.79 Å². The lowest BCUT2D eigenvalue weighted by molar-refractivity contribution is -0.152. The molecule has 1 amide bonds. The molecule has 0 unspecified atom stereocenters. The van der Waals surface area contributed by atoms with Gasteiger partial charge in [-0.2, -0.15) is 0 Å². The maximum absolute atomic E-state index is 11.6. The molecule has 0 radical (unpaired) electrons. The first-order valence-corrected chi connectivity index (χ1v) is 8.33. The number of carboxylic acids is 1. The van der Waals surface area contributed by atoms with E-state index in [1.54, 1.807) is 24.3 Å². The third-order valence-electron chi connectivity index (χ3n) is 3.40. The Kier molecular flexibility index (Phi) is 9.39. The van der Waals surface area contributed by atoms with Gasteiger partial charge in [-0.25, -0.2) is 4.79 Å². The highest BCUT2D eigenvalue weighted by Crippen LogP contribution is 2.21. The summed E-state index contributed by atoms with van der Waals surface area (Å²) < 4.78 is 9.49. The number of carboxylic acid groups (broad SMARTS) is 1. The number of halogens is 1. The smallest absolute Gasteiger partial charge is 0.410 e. The van der Waals surface area contributed by atoms with Crippen molar-refractivity contribution in [2.75, 3.05) is 13.3 Å². The van der Waals surface area contributed by atoms with Gasteiger partial charge in [0.2, 0.25) is 6.79 Å². The van der Waals surface area contributed by atoms with Crippen LogP contribution in [0.25, 0.3) is 0 Å². The van der Waals surface area contributed by atoms with E-state index in [1.165, 1.54) is 0 Å². The van der Waals surface area contributed by atoms with Gasteiger partial charge in [-0.1, -0.05) is 37.1 Å². The van der Waals surface area contributed by atoms with Crippen LogP contribution < -0.4 is 5.32 Å². The van der Waals surface area contributed by atoms with Crippen molar-refractivity contribution in [2.24, 2.45) is 0 Å². The van der Waals surface area contributed by atoms with Gasteiger partial charge in [0.1, 0.15) is 0 Å². The van der Waals surface area contributed by atoms with Gasteiger partial charge in [-0.05, 0) is 24.1 Å². The molecule has 0 aliphatic heterocycles. The molecule has 7 nitrogen and oxygen atoms in total. The summed E-state index contributed by atoms with van der Waals surface area (Å²) in [4.78, 5) is 33.9. The van der Waals surface area contributed by atoms with Crippen LogP contribution in [0.2, 0.25) is 5.02 Å². The molecule has 0 aromatic heterocycles. The molecule has 0 fully saturated rings. The molecule has 8 heteroatoms. The summed E-state index contributed by atoms with van der Waals surface area (Å²) in [7, 11) is 0. The summed E-state index contributed by atoms with van der Waals surface area (Å²) in [5.74, 6) is -1.85. The second kappa shape index (κ2) is 11.3. The van der Waals surface area contributed by atoms with Gasteiger partial charge in [0.15, 0.2) is 0 Å². The van der Waals surface area contributed by atoms with Crippen molar-refractivity contribution in [3.8, 4) is 0 Å². The van der Waals surface area contributed by atoms with E-state index in [-0.39, 0.29) is 19.4 Å². The number of nitrogens with one attached hydrogen (secondary N) is 1. The molecular weight excluding hydrogens is 350 g/mol. The summed E-state index contributed by atoms with van der Waals surface area (Å²) in [6, 6.07) is 6.72. The highest BCUT2D eigenvalue weighted by molar-refractivity contribution is 6.30. The van der Waals surface area contributed by atoms with Crippen molar-refractivity contribution in [3.63, 3.8) is 0 Å². The number of benzene rings is 1. The van der Waals surface area contributed by atoms with Crippen molar-refractivity contribution < 1.29 is 29.0 Å². The third kappa shape index (κ3) is 8.95. The number of unbranched alkanes of at least 4 members (excludes halogenated alkanes) is 1. The van der Waals surface area contributed by atoms with E-state index in [1.807, 2.05) is 6.92 Å². The monoisotopic (exact) mass is 371 g/mol. The molecule has 1 aromatic carbocycles. The Labute approximate surface area is 151 Å². The molecule has 0 spiro atoms. The van der Waals surface area contributed by atoms with Crippen molar-refractivity contribution in [3.05, 3.63) is 34.9 Å². The molecule has 0 aliphatic rings. The SMILES string of the molecule is CCCCC(=O)OCOC(=O)NC[C@H](CC(=O)O)c1ccc(Cl)cc1. The van der Waals surface area contributed by atoms with Crippen LogP contribution in [-0.4, -0.2) is 36.5 Å². The first-order chi connectivity index (χ1) is 11.9. The maximum atomic E-state index is 11.6. The number of carbonyl (C=O) groups excluding carboxylic acids is 2. The molecule has 1 rings (SSSR count). The Morgan fingerprint density at radius 1 is 1.20 bits per heavy atom. The van der Waals surface area contributed by atoms with E-state index in [0.717, 1.165) is 12.0 Å². The summed E-state index contributed by atoms with van der Waals surface area (Å²) in [6.45, 7) is 1.54. The van der Waals surface area contributed by atoms with Gasteiger partial charge in [0, 0.05) is 23.9 Å². The third-order valence-corrected chi connectivity index (χ3v) is 3.65. The summed E-state index contributed by atoms with van der Waals surface area (Å²) in [5, 5.41) is 12.0. The normalized spacial score (nSPS) is 11.4. The predicted molar refractivity (Wildman–Crippen MR) is 91.4 cm³/mol. The molecule has 0 saturated carbocycles. The molecule has 138 valence electrons. The van der Waals surface area contributed by atoms with Crippen LogP contribution in [0.1, 0.15) is 44.1 Å². The van der Waals surface area contributed by atoms with E-state index in [0.29, 0.717) is 11.4 Å². The molecule has 0 heterocycles. The molecule has 1 atom stereocenters. The molecule has 2 N–H and O–H groups in total. The van der Waals surface area contributed by atoms with Crippen LogP contribution in [0, 0.1) is 0 Å². The first kappa shape index (κ1) is 20.8. The average molecular weight is 372 g/mol. The van der Waals surface area contributed by atoms with E-state index in [4.69, 9.17) is 26.2 Å². The largest absolute Gasteiger partial charge is 0.481 e. The van der Waals surface area contributed by atoms with E-state index >= 15 is 0 Å². The van der Waals surface area contributed by atoms with Gasteiger partial charge < -0.3 is 19.9 Å². The molecule has 0 aliphatic carbocycles. The summed E-state index contributed by atoms with van der Waals surface area (Å²) >= 11 is 5.82. The summed E-state index contributed by atoms with van der Waals surface area (Å²) in [5.41, 5.74) is 0.734. The van der Waals surface area contributed by atoms with Crippen molar-refractivity contribution in [1.82, 2.24) is 5.32 Å². The van der Waals surface area contributed by atoms with Crippen LogP contribution in [0.15, 0.2) is 24.3 Å². The van der Waals surface area contributed by atoms with Crippen molar-refractivity contribution >= 4 is 29.6 Å². The molecule has 25 heavy (non-hydrogen) atoms. The van der Waals surface area contributed by atoms with Crippen LogP contribution in [-0.2, 0) is 19.1 Å². The molecule has 0 bridgehead atoms. The first-order valence-electron chi connectivity index (χ1n) is 7.95. The Bertz CT molecular complexity index is 575. The minimum absolute atomic E-state index is 0.0660. The zero-order valence-corrected chi connectivity index (χ0v) is 14.8. The zero-order chi connectivity index (χ0) is 18.7. The quantitative estimate of drug-likeness (QED) is 0.483. The minimum Gasteiger partial charge on any atom is -0.481 e. The lowest BCUT2D eigenvalue weighted by Gasteiger charge is -2.16. The number of esters is 1. The Hall–Kier alpha value is -2.28. The van der Waals surface area contributed by atoms with Gasteiger partial charge in [0.05, 0.1) is 6.42 Å². The Morgan fingerprint density at radius 2 is 1.88 bits per heavy atom. The maximum Gasteiger partial charge on any atom is 0.410 e. The van der Waals surface area contributed by atoms with Crippen LogP contribution in [0.5, 0.6) is 0 Å². The minimum atomic E-state index is -0.986. The van der Waals surface area contributed by atoms with Gasteiger partial charge in [-0.15, -0.1) is 0 Å². The lowest BCUT2D eigenvalue weighted by Crippen LogP contribution is -2.30. The number of amides is 1. The van der Waals surface area contributed by atoms with Gasteiger partial charge >= 0.3 is 18.0 Å². The van der Waals surface area contributed by atoms with E-state index in [9.17, 15) is 14.4 Å². The number of ether oxygens (including phenoxy) is 2. The second-order valence-corrected chi connectivity index (χ2v) is 5.83. The number of hydrogen-bond donors (Lipinski definition) is 2. The number of hydrogen-bond acceptors (Lipinski definition) is 5. The van der Waals surface area contributed by atoms with Crippen LogP contribution >= 0.6 is 11.6 Å². The lowest BCUT2D eigenvalue weighted by atomic mass is 9.96. The Balaban J connectivity index is 2.42. The number of carbonyl (C=O) groups is 3. The molecule has 0 saturated heterocycles. The van der Waals surface area contributed by atoms with Crippen molar-refractivity contribution in [1.29, 1.82) is 0 Å². The fraction of sp³-hybridized carbons (Fsp3) is 0.471. The fourth-order valence-electron chi connectivity index (χ4n) is 2.05. The van der Waals surface area contributed by atoms with E-state index in [2.05, 4.69) is 5.32 Å².